The number of methoxy groups -OCH3 is 4. The van der Waals surface area contributed by atoms with Crippen LogP contribution < -0.4 is 18.9 Å². The molecule has 0 aliphatic carbocycles. The molecule has 9 aromatic rings. The van der Waals surface area contributed by atoms with Gasteiger partial charge in [-0.2, -0.15) is 10.5 Å². The molecular formula is C48H34N4O4. The van der Waals surface area contributed by atoms with Crippen molar-refractivity contribution in [2.24, 2.45) is 0 Å². The monoisotopic (exact) mass is 730 g/mol. The molecule has 0 bridgehead atoms. The van der Waals surface area contributed by atoms with Gasteiger partial charge in [0.25, 0.3) is 0 Å². The fraction of sp³-hybridized carbons (Fsp3) is 0.0833. The second kappa shape index (κ2) is 13.6. The topological polar surface area (TPSA) is 94.4 Å². The summed E-state index contributed by atoms with van der Waals surface area (Å²) in [4.78, 5) is 0. The van der Waals surface area contributed by atoms with Crippen LogP contribution in [0.1, 0.15) is 11.1 Å². The predicted octanol–water partition coefficient (Wildman–Crippen LogP) is 11.0. The van der Waals surface area contributed by atoms with Crippen LogP contribution in [-0.4, -0.2) is 37.6 Å². The van der Waals surface area contributed by atoms with E-state index in [2.05, 4.69) is 81.9 Å². The zero-order chi connectivity index (χ0) is 38.5. The molecular weight excluding hydrogens is 697 g/mol. The van der Waals surface area contributed by atoms with Gasteiger partial charge in [0.1, 0.15) is 23.0 Å². The lowest BCUT2D eigenvalue weighted by Gasteiger charge is -2.23. The highest BCUT2D eigenvalue weighted by Gasteiger charge is 2.25. The Morgan fingerprint density at radius 3 is 1.00 bits per heavy atom. The number of fused-ring (bicyclic) bond motifs is 6. The van der Waals surface area contributed by atoms with Gasteiger partial charge in [0.15, 0.2) is 0 Å². The average Bonchev–Trinajstić information content (AvgIpc) is 3.76. The van der Waals surface area contributed by atoms with Crippen molar-refractivity contribution in [3.63, 3.8) is 0 Å². The molecule has 8 heteroatoms. The van der Waals surface area contributed by atoms with E-state index >= 15 is 0 Å². The van der Waals surface area contributed by atoms with Gasteiger partial charge in [0.05, 0.1) is 85.1 Å². The Kier molecular flexibility index (Phi) is 8.30. The molecule has 0 aliphatic rings. The molecule has 0 saturated heterocycles. The largest absolute Gasteiger partial charge is 0.497 e. The van der Waals surface area contributed by atoms with Crippen molar-refractivity contribution in [3.05, 3.63) is 145 Å². The van der Waals surface area contributed by atoms with Crippen molar-refractivity contribution in [1.29, 1.82) is 10.5 Å². The van der Waals surface area contributed by atoms with Crippen molar-refractivity contribution in [2.75, 3.05) is 28.4 Å². The highest BCUT2D eigenvalue weighted by Crippen LogP contribution is 2.47. The highest BCUT2D eigenvalue weighted by molar-refractivity contribution is 6.13. The summed E-state index contributed by atoms with van der Waals surface area (Å²) in [5.74, 6) is 2.96. The second-order valence-electron chi connectivity index (χ2n) is 13.4. The summed E-state index contributed by atoms with van der Waals surface area (Å²) in [6.45, 7) is 0. The van der Waals surface area contributed by atoms with Crippen LogP contribution in [0.25, 0.3) is 77.2 Å². The van der Waals surface area contributed by atoms with Crippen LogP contribution in [0.5, 0.6) is 23.0 Å². The second-order valence-corrected chi connectivity index (χ2v) is 13.4. The van der Waals surface area contributed by atoms with Gasteiger partial charge in [-0.05, 0) is 120 Å². The number of aromatic nitrogens is 2. The Morgan fingerprint density at radius 1 is 0.393 bits per heavy atom. The molecule has 7 aromatic carbocycles. The van der Waals surface area contributed by atoms with Gasteiger partial charge in [0, 0.05) is 32.7 Å². The van der Waals surface area contributed by atoms with Crippen LogP contribution in [-0.2, 0) is 0 Å². The summed E-state index contributed by atoms with van der Waals surface area (Å²) in [5, 5.41) is 24.4. The molecule has 2 aromatic heterocycles. The van der Waals surface area contributed by atoms with Crippen LogP contribution in [0.15, 0.2) is 133 Å². The lowest BCUT2D eigenvalue weighted by atomic mass is 9.89. The zero-order valence-corrected chi connectivity index (χ0v) is 31.1. The first kappa shape index (κ1) is 34.1. The van der Waals surface area contributed by atoms with E-state index in [0.717, 1.165) is 100 Å². The SMILES string of the molecule is COc1ccc2c(c1)c1cc(OC)ccc1n2-c1ccc(-n2c3ccc(OC)cc3c3cc(OC)ccc32)c(-c2cccc(C#N)c2)c1-c1cccc(C#N)c1. The third-order valence-electron chi connectivity index (χ3n) is 10.6. The third-order valence-corrected chi connectivity index (χ3v) is 10.6. The fourth-order valence-corrected chi connectivity index (χ4v) is 8.02. The number of ether oxygens (including phenoxy) is 4. The van der Waals surface area contributed by atoms with Gasteiger partial charge in [0.2, 0.25) is 0 Å². The number of hydrogen-bond acceptors (Lipinski definition) is 6. The van der Waals surface area contributed by atoms with E-state index in [-0.39, 0.29) is 0 Å². The molecule has 56 heavy (non-hydrogen) atoms. The summed E-state index contributed by atoms with van der Waals surface area (Å²) < 4.78 is 27.3. The smallest absolute Gasteiger partial charge is 0.119 e. The van der Waals surface area contributed by atoms with Crippen molar-refractivity contribution in [3.8, 4) is 68.8 Å². The van der Waals surface area contributed by atoms with E-state index in [4.69, 9.17) is 18.9 Å². The van der Waals surface area contributed by atoms with Crippen LogP contribution in [0.4, 0.5) is 0 Å². The molecule has 0 spiro atoms. The zero-order valence-electron chi connectivity index (χ0n) is 31.1. The first-order valence-electron chi connectivity index (χ1n) is 18.0. The fourth-order valence-electron chi connectivity index (χ4n) is 8.02. The third kappa shape index (κ3) is 5.35. The maximum absolute atomic E-state index is 10.2. The minimum atomic E-state index is 0.531. The Labute approximate surface area is 323 Å². The maximum atomic E-state index is 10.2. The minimum absolute atomic E-state index is 0.531. The standard InChI is InChI=1S/C48H34N4O4/c1-53-33-11-15-41-37(23-33)38-24-34(54-2)12-16-42(38)51(41)45-19-20-46(52-43-17-13-35(55-3)25-39(43)40-26-36(56-4)14-18-44(40)52)48(32-10-6-8-30(22-32)28-50)47(45)31-9-5-7-29(21-31)27-49/h5-26H,1-4H3. The Balaban J connectivity index is 1.50. The summed E-state index contributed by atoms with van der Waals surface area (Å²) in [5.41, 5.74) is 10.2. The van der Waals surface area contributed by atoms with Gasteiger partial charge in [-0.3, -0.25) is 0 Å². The molecule has 270 valence electrons. The van der Waals surface area contributed by atoms with Crippen molar-refractivity contribution < 1.29 is 18.9 Å². The molecule has 0 radical (unpaired) electrons. The van der Waals surface area contributed by atoms with Crippen LogP contribution in [0.3, 0.4) is 0 Å². The van der Waals surface area contributed by atoms with E-state index < -0.39 is 0 Å². The van der Waals surface area contributed by atoms with Crippen molar-refractivity contribution >= 4 is 43.6 Å². The Morgan fingerprint density at radius 2 is 0.714 bits per heavy atom. The Bertz CT molecular complexity index is 2790. The van der Waals surface area contributed by atoms with E-state index in [9.17, 15) is 10.5 Å². The number of benzene rings is 7. The summed E-state index contributed by atoms with van der Waals surface area (Å²) in [6, 6.07) is 48.8. The van der Waals surface area contributed by atoms with Gasteiger partial charge < -0.3 is 28.1 Å². The van der Waals surface area contributed by atoms with Gasteiger partial charge >= 0.3 is 0 Å². The lowest BCUT2D eigenvalue weighted by molar-refractivity contribution is 0.415. The van der Waals surface area contributed by atoms with E-state index in [0.29, 0.717) is 11.1 Å². The van der Waals surface area contributed by atoms with Gasteiger partial charge in [-0.1, -0.05) is 24.3 Å². The van der Waals surface area contributed by atoms with Crippen LogP contribution >= 0.6 is 0 Å². The molecule has 0 fully saturated rings. The molecule has 0 saturated carbocycles. The lowest BCUT2D eigenvalue weighted by Crippen LogP contribution is -2.05. The van der Waals surface area contributed by atoms with E-state index in [1.165, 1.54) is 0 Å². The molecule has 0 aliphatic heterocycles. The van der Waals surface area contributed by atoms with Gasteiger partial charge in [-0.25, -0.2) is 0 Å². The molecule has 9 rings (SSSR count). The molecule has 8 nitrogen and oxygen atoms in total. The highest BCUT2D eigenvalue weighted by atomic mass is 16.5. The van der Waals surface area contributed by atoms with Gasteiger partial charge in [-0.15, -0.1) is 0 Å². The van der Waals surface area contributed by atoms with Crippen LogP contribution in [0.2, 0.25) is 0 Å². The number of rotatable bonds is 8. The number of nitrogens with zero attached hydrogens (tertiary/aromatic N) is 4. The number of nitriles is 2. The van der Waals surface area contributed by atoms with Crippen molar-refractivity contribution in [2.45, 2.75) is 0 Å². The molecule has 0 unspecified atom stereocenters. The predicted molar refractivity (Wildman–Crippen MR) is 222 cm³/mol. The summed E-state index contributed by atoms with van der Waals surface area (Å²) in [6.07, 6.45) is 0. The number of hydrogen-bond donors (Lipinski definition) is 0. The minimum Gasteiger partial charge on any atom is -0.497 e. The molecule has 2 heterocycles. The Hall–Kier alpha value is -7.68. The first-order valence-corrected chi connectivity index (χ1v) is 18.0. The van der Waals surface area contributed by atoms with Crippen LogP contribution in [0, 0.1) is 22.7 Å². The van der Waals surface area contributed by atoms with E-state index in [1.807, 2.05) is 72.8 Å². The molecule has 0 atom stereocenters. The first-order chi connectivity index (χ1) is 27.5. The molecule has 0 N–H and O–H groups in total. The normalized spacial score (nSPS) is 11.2. The summed E-state index contributed by atoms with van der Waals surface area (Å²) >= 11 is 0. The van der Waals surface area contributed by atoms with E-state index in [1.54, 1.807) is 28.4 Å². The average molecular weight is 731 g/mol. The summed E-state index contributed by atoms with van der Waals surface area (Å²) in [7, 11) is 6.68. The molecule has 0 amide bonds. The van der Waals surface area contributed by atoms with Crippen molar-refractivity contribution in [1.82, 2.24) is 9.13 Å². The maximum Gasteiger partial charge on any atom is 0.119 e. The quantitative estimate of drug-likeness (QED) is 0.154.